The van der Waals surface area contributed by atoms with Crippen LogP contribution in [0.1, 0.15) is 29.6 Å². The van der Waals surface area contributed by atoms with Crippen molar-refractivity contribution in [3.05, 3.63) is 59.7 Å². The lowest BCUT2D eigenvalue weighted by atomic mass is 9.93. The number of aromatic nitrogens is 3. The van der Waals surface area contributed by atoms with Crippen molar-refractivity contribution in [3.63, 3.8) is 0 Å². The monoisotopic (exact) mass is 351 g/mol. The maximum atomic E-state index is 5.86. The first-order valence-corrected chi connectivity index (χ1v) is 8.45. The summed E-state index contributed by atoms with van der Waals surface area (Å²) in [6, 6.07) is 16.0. The van der Waals surface area contributed by atoms with Crippen molar-refractivity contribution >= 4 is 11.9 Å². The van der Waals surface area contributed by atoms with Crippen LogP contribution >= 0.6 is 0 Å². The summed E-state index contributed by atoms with van der Waals surface area (Å²) in [6.07, 6.45) is 0.781. The van der Waals surface area contributed by atoms with Gasteiger partial charge in [0.1, 0.15) is 11.5 Å². The van der Waals surface area contributed by atoms with Crippen LogP contribution in [-0.2, 0) is 0 Å². The van der Waals surface area contributed by atoms with Gasteiger partial charge in [0.25, 0.3) is 0 Å². The van der Waals surface area contributed by atoms with Gasteiger partial charge in [0.2, 0.25) is 11.9 Å². The van der Waals surface area contributed by atoms with Crippen molar-refractivity contribution in [2.45, 2.75) is 18.5 Å². The number of fused-ring (bicyclic) bond motifs is 1. The third kappa shape index (κ3) is 2.81. The molecule has 0 fully saturated rings. The van der Waals surface area contributed by atoms with Crippen LogP contribution in [0, 0.1) is 0 Å². The minimum Gasteiger partial charge on any atom is -0.497 e. The van der Waals surface area contributed by atoms with Crippen LogP contribution in [-0.4, -0.2) is 29.0 Å². The fourth-order valence-corrected chi connectivity index (χ4v) is 3.47. The highest BCUT2D eigenvalue weighted by Crippen LogP contribution is 2.41. The Kier molecular flexibility index (Phi) is 4.12. The topological polar surface area (TPSA) is 87.2 Å². The molecular weight excluding hydrogens is 330 g/mol. The lowest BCUT2D eigenvalue weighted by molar-refractivity contribution is 0.379. The van der Waals surface area contributed by atoms with E-state index >= 15 is 0 Å². The molecule has 0 bridgehead atoms. The fraction of sp³-hybridized carbons (Fsp3) is 0.263. The number of ether oxygens (including phenoxy) is 2. The second kappa shape index (κ2) is 6.59. The van der Waals surface area contributed by atoms with Gasteiger partial charge in [-0.25, -0.2) is 4.68 Å². The van der Waals surface area contributed by atoms with E-state index in [0.717, 1.165) is 29.0 Å². The number of hydrogen-bond acceptors (Lipinski definition) is 6. The Morgan fingerprint density at radius 2 is 1.96 bits per heavy atom. The predicted octanol–water partition coefficient (Wildman–Crippen LogP) is 3.02. The molecule has 0 saturated heterocycles. The third-order valence-corrected chi connectivity index (χ3v) is 4.70. The van der Waals surface area contributed by atoms with Gasteiger partial charge in [-0.3, -0.25) is 0 Å². The number of benzene rings is 2. The molecule has 2 aromatic carbocycles. The fourth-order valence-electron chi connectivity index (χ4n) is 3.47. The maximum Gasteiger partial charge on any atom is 0.241 e. The Balaban J connectivity index is 1.78. The minimum atomic E-state index is -0.0385. The van der Waals surface area contributed by atoms with Crippen molar-refractivity contribution < 1.29 is 9.47 Å². The standard InChI is InChI=1S/C19H21N5O2/c1-25-13-7-5-6-12(10-13)15-11-16(14-8-3-4-9-17(14)26-2)24-19(21-15)22-18(20)23-24/h3-10,15-16H,11H2,1-2H3,(H3,20,21,22,23)/t15-,16+/m0/s1. The zero-order valence-corrected chi connectivity index (χ0v) is 14.7. The highest BCUT2D eigenvalue weighted by atomic mass is 16.5. The lowest BCUT2D eigenvalue weighted by Crippen LogP contribution is -2.28. The van der Waals surface area contributed by atoms with Gasteiger partial charge in [-0.05, 0) is 30.2 Å². The molecule has 1 aliphatic rings. The number of nitrogens with one attached hydrogen (secondary N) is 1. The smallest absolute Gasteiger partial charge is 0.241 e. The summed E-state index contributed by atoms with van der Waals surface area (Å²) in [7, 11) is 3.35. The number of rotatable bonds is 4. The van der Waals surface area contributed by atoms with E-state index in [1.54, 1.807) is 14.2 Å². The van der Waals surface area contributed by atoms with Gasteiger partial charge in [0, 0.05) is 5.56 Å². The van der Waals surface area contributed by atoms with Gasteiger partial charge in [-0.1, -0.05) is 30.3 Å². The van der Waals surface area contributed by atoms with E-state index in [2.05, 4.69) is 27.5 Å². The summed E-state index contributed by atoms with van der Waals surface area (Å²) < 4.78 is 12.8. The Hall–Kier alpha value is -3.22. The SMILES string of the molecule is COc1cccc([C@@H]2C[C@H](c3ccccc3OC)n3nc(N)nc3N2)c1. The van der Waals surface area contributed by atoms with E-state index < -0.39 is 0 Å². The van der Waals surface area contributed by atoms with E-state index in [1.807, 2.05) is 41.1 Å². The van der Waals surface area contributed by atoms with Crippen LogP contribution in [0.2, 0.25) is 0 Å². The van der Waals surface area contributed by atoms with Crippen LogP contribution in [0.4, 0.5) is 11.9 Å². The summed E-state index contributed by atoms with van der Waals surface area (Å²) in [6.45, 7) is 0. The van der Waals surface area contributed by atoms with Gasteiger partial charge in [0.15, 0.2) is 0 Å². The molecule has 3 N–H and O–H groups in total. The first-order valence-electron chi connectivity index (χ1n) is 8.45. The zero-order chi connectivity index (χ0) is 18.1. The molecule has 7 nitrogen and oxygen atoms in total. The van der Waals surface area contributed by atoms with Crippen LogP contribution in [0.5, 0.6) is 11.5 Å². The molecule has 2 atom stereocenters. The molecule has 7 heteroatoms. The van der Waals surface area contributed by atoms with Gasteiger partial charge < -0.3 is 20.5 Å². The van der Waals surface area contributed by atoms with Crippen molar-refractivity contribution in [2.24, 2.45) is 0 Å². The van der Waals surface area contributed by atoms with Gasteiger partial charge >= 0.3 is 0 Å². The number of nitrogens with zero attached hydrogens (tertiary/aromatic N) is 3. The van der Waals surface area contributed by atoms with E-state index in [4.69, 9.17) is 15.2 Å². The molecular formula is C19H21N5O2. The molecule has 26 heavy (non-hydrogen) atoms. The average molecular weight is 351 g/mol. The van der Waals surface area contributed by atoms with E-state index in [9.17, 15) is 0 Å². The zero-order valence-electron chi connectivity index (χ0n) is 14.7. The predicted molar refractivity (Wildman–Crippen MR) is 99.5 cm³/mol. The van der Waals surface area contributed by atoms with Gasteiger partial charge in [-0.2, -0.15) is 4.98 Å². The quantitative estimate of drug-likeness (QED) is 0.751. The maximum absolute atomic E-state index is 5.86. The summed E-state index contributed by atoms with van der Waals surface area (Å²) in [5, 5.41) is 7.82. The van der Waals surface area contributed by atoms with Crippen molar-refractivity contribution in [3.8, 4) is 11.5 Å². The molecule has 4 rings (SSSR count). The normalized spacial score (nSPS) is 18.7. The van der Waals surface area contributed by atoms with E-state index in [0.29, 0.717) is 5.95 Å². The summed E-state index contributed by atoms with van der Waals surface area (Å²) in [4.78, 5) is 4.35. The van der Waals surface area contributed by atoms with E-state index in [1.165, 1.54) is 0 Å². The number of para-hydroxylation sites is 1. The summed E-state index contributed by atoms with van der Waals surface area (Å²) >= 11 is 0. The Bertz CT molecular complexity index is 924. The molecule has 0 spiro atoms. The molecule has 0 radical (unpaired) electrons. The molecule has 1 aromatic heterocycles. The third-order valence-electron chi connectivity index (χ3n) is 4.70. The Morgan fingerprint density at radius 3 is 2.77 bits per heavy atom. The van der Waals surface area contributed by atoms with Crippen molar-refractivity contribution in [1.82, 2.24) is 14.8 Å². The average Bonchev–Trinajstić information content (AvgIpc) is 3.07. The number of nitrogens with two attached hydrogens (primary N) is 1. The molecule has 134 valence electrons. The second-order valence-corrected chi connectivity index (χ2v) is 6.21. The van der Waals surface area contributed by atoms with Crippen molar-refractivity contribution in [1.29, 1.82) is 0 Å². The molecule has 3 aromatic rings. The van der Waals surface area contributed by atoms with Crippen LogP contribution < -0.4 is 20.5 Å². The lowest BCUT2D eigenvalue weighted by Gasteiger charge is -2.32. The highest BCUT2D eigenvalue weighted by Gasteiger charge is 2.32. The minimum absolute atomic E-state index is 0.0385. The number of nitrogen functional groups attached to an aromatic ring is 1. The van der Waals surface area contributed by atoms with Crippen LogP contribution in [0.15, 0.2) is 48.5 Å². The van der Waals surface area contributed by atoms with Gasteiger partial charge in [-0.15, -0.1) is 5.10 Å². The highest BCUT2D eigenvalue weighted by molar-refractivity contribution is 5.45. The molecule has 0 aliphatic carbocycles. The summed E-state index contributed by atoms with van der Waals surface area (Å²) in [5.41, 5.74) is 8.04. The molecule has 0 saturated carbocycles. The molecule has 1 aliphatic heterocycles. The first-order chi connectivity index (χ1) is 12.7. The Morgan fingerprint density at radius 1 is 1.12 bits per heavy atom. The first kappa shape index (κ1) is 16.3. The summed E-state index contributed by atoms with van der Waals surface area (Å²) in [5.74, 6) is 2.55. The van der Waals surface area contributed by atoms with Gasteiger partial charge in [0.05, 0.1) is 26.3 Å². The Labute approximate surface area is 151 Å². The number of hydrogen-bond donors (Lipinski definition) is 2. The molecule has 2 heterocycles. The largest absolute Gasteiger partial charge is 0.497 e. The molecule has 0 unspecified atom stereocenters. The molecule has 0 amide bonds. The van der Waals surface area contributed by atoms with Crippen molar-refractivity contribution in [2.75, 3.05) is 25.3 Å². The second-order valence-electron chi connectivity index (χ2n) is 6.21. The van der Waals surface area contributed by atoms with Crippen LogP contribution in [0.3, 0.4) is 0 Å². The van der Waals surface area contributed by atoms with E-state index in [-0.39, 0.29) is 18.0 Å². The number of methoxy groups -OCH3 is 2. The van der Waals surface area contributed by atoms with Crippen LogP contribution in [0.25, 0.3) is 0 Å². The number of anilines is 2.